The minimum Gasteiger partial charge on any atom is -0.385 e. The van der Waals surface area contributed by atoms with Crippen molar-refractivity contribution in [3.63, 3.8) is 0 Å². The lowest BCUT2D eigenvalue weighted by Crippen LogP contribution is -2.42. The number of methoxy groups -OCH3 is 1. The van der Waals surface area contributed by atoms with E-state index in [2.05, 4.69) is 10.6 Å². The number of ether oxygens (including phenoxy) is 1. The number of amides is 2. The van der Waals surface area contributed by atoms with Gasteiger partial charge in [-0.15, -0.1) is 0 Å². The summed E-state index contributed by atoms with van der Waals surface area (Å²) >= 11 is 5.98. The van der Waals surface area contributed by atoms with Crippen LogP contribution in [0.2, 0.25) is 5.02 Å². The summed E-state index contributed by atoms with van der Waals surface area (Å²) in [7, 11) is -2.22. The fraction of sp³-hybridized carbons (Fsp3) is 0.417. The van der Waals surface area contributed by atoms with Crippen LogP contribution in [0.3, 0.4) is 0 Å². The third-order valence-corrected chi connectivity index (χ3v) is 8.01. The van der Waals surface area contributed by atoms with E-state index in [1.165, 1.54) is 22.5 Å². The molecule has 1 saturated heterocycles. The molecule has 2 amide bonds. The van der Waals surface area contributed by atoms with Gasteiger partial charge in [0.1, 0.15) is 5.82 Å². The van der Waals surface area contributed by atoms with Crippen molar-refractivity contribution in [1.82, 2.24) is 9.62 Å². The molecule has 3 rings (SSSR count). The van der Waals surface area contributed by atoms with Crippen molar-refractivity contribution in [3.8, 4) is 0 Å². The summed E-state index contributed by atoms with van der Waals surface area (Å²) in [5.74, 6) is -2.21. The number of carbonyl (C=O) groups is 2. The Hall–Kier alpha value is -2.53. The maximum Gasteiger partial charge on any atom is 0.253 e. The van der Waals surface area contributed by atoms with Crippen molar-refractivity contribution < 1.29 is 27.1 Å². The number of hydrogen-bond donors (Lipinski definition) is 2. The molecule has 190 valence electrons. The topological polar surface area (TPSA) is 105 Å². The molecule has 1 fully saturated rings. The van der Waals surface area contributed by atoms with Crippen LogP contribution < -0.4 is 10.6 Å². The van der Waals surface area contributed by atoms with E-state index in [0.29, 0.717) is 43.7 Å². The molecule has 0 aromatic heterocycles. The Morgan fingerprint density at radius 1 is 1.14 bits per heavy atom. The SMILES string of the molecule is COCCCNC(=O)c1ccccc1NC(=O)C1CCN(S(=O)(=O)Cc2c(F)cccc2Cl)CC1. The molecule has 1 aliphatic heterocycles. The first-order valence-electron chi connectivity index (χ1n) is 11.3. The number of anilines is 1. The van der Waals surface area contributed by atoms with Gasteiger partial charge in [0.2, 0.25) is 15.9 Å². The smallest absolute Gasteiger partial charge is 0.253 e. The summed E-state index contributed by atoms with van der Waals surface area (Å²) in [6.07, 6.45) is 1.28. The molecule has 2 aromatic carbocycles. The number of benzene rings is 2. The molecule has 0 aliphatic carbocycles. The summed E-state index contributed by atoms with van der Waals surface area (Å²) in [6, 6.07) is 10.8. The van der Waals surface area contributed by atoms with E-state index >= 15 is 0 Å². The number of carbonyl (C=O) groups excluding carboxylic acids is 2. The van der Waals surface area contributed by atoms with Crippen molar-refractivity contribution in [3.05, 3.63) is 64.4 Å². The highest BCUT2D eigenvalue weighted by molar-refractivity contribution is 7.88. The Labute approximate surface area is 209 Å². The summed E-state index contributed by atoms with van der Waals surface area (Å²) < 4.78 is 45.9. The highest BCUT2D eigenvalue weighted by Gasteiger charge is 2.32. The lowest BCUT2D eigenvalue weighted by Gasteiger charge is -2.30. The van der Waals surface area contributed by atoms with Crippen LogP contribution in [0.15, 0.2) is 42.5 Å². The molecule has 11 heteroatoms. The van der Waals surface area contributed by atoms with Gasteiger partial charge in [-0.3, -0.25) is 9.59 Å². The molecular formula is C24H29ClFN3O5S. The zero-order valence-electron chi connectivity index (χ0n) is 19.4. The van der Waals surface area contributed by atoms with E-state index in [4.69, 9.17) is 16.3 Å². The van der Waals surface area contributed by atoms with Gasteiger partial charge in [-0.05, 0) is 43.5 Å². The molecule has 1 heterocycles. The third kappa shape index (κ3) is 7.23. The van der Waals surface area contributed by atoms with E-state index in [1.807, 2.05) is 0 Å². The van der Waals surface area contributed by atoms with Crippen LogP contribution in [0.1, 0.15) is 35.2 Å². The number of hydrogen-bond acceptors (Lipinski definition) is 5. The standard InChI is InChI=1S/C24H29ClFN3O5S/c1-34-15-5-12-27-24(31)18-6-2-3-9-22(18)28-23(30)17-10-13-29(14-11-17)35(32,33)16-19-20(25)7-4-8-21(19)26/h2-4,6-9,17H,5,10-16H2,1H3,(H,27,31)(H,28,30). The van der Waals surface area contributed by atoms with Crippen molar-refractivity contribution in [2.75, 3.05) is 38.7 Å². The first kappa shape index (κ1) is 27.1. The molecular weight excluding hydrogens is 497 g/mol. The van der Waals surface area contributed by atoms with Crippen LogP contribution in [0.4, 0.5) is 10.1 Å². The zero-order chi connectivity index (χ0) is 25.4. The molecule has 2 N–H and O–H groups in total. The van der Waals surface area contributed by atoms with Crippen LogP contribution in [0.5, 0.6) is 0 Å². The highest BCUT2D eigenvalue weighted by Crippen LogP contribution is 2.27. The quantitative estimate of drug-likeness (QED) is 0.462. The number of halogens is 2. The van der Waals surface area contributed by atoms with Crippen LogP contribution in [-0.2, 0) is 25.3 Å². The summed E-state index contributed by atoms with van der Waals surface area (Å²) in [5, 5.41) is 5.67. The van der Waals surface area contributed by atoms with Gasteiger partial charge in [0.25, 0.3) is 5.91 Å². The molecule has 0 radical (unpaired) electrons. The third-order valence-electron chi connectivity index (χ3n) is 5.85. The Morgan fingerprint density at radius 2 is 1.86 bits per heavy atom. The fourth-order valence-corrected chi connectivity index (χ4v) is 5.80. The van der Waals surface area contributed by atoms with Crippen molar-refractivity contribution in [2.24, 2.45) is 5.92 Å². The largest absolute Gasteiger partial charge is 0.385 e. The van der Waals surface area contributed by atoms with Gasteiger partial charge in [-0.25, -0.2) is 17.1 Å². The van der Waals surface area contributed by atoms with Gasteiger partial charge in [-0.1, -0.05) is 29.8 Å². The number of nitrogens with one attached hydrogen (secondary N) is 2. The second-order valence-electron chi connectivity index (χ2n) is 8.27. The predicted octanol–water partition coefficient (Wildman–Crippen LogP) is 3.43. The fourth-order valence-electron chi connectivity index (χ4n) is 3.88. The number of para-hydroxylation sites is 1. The Morgan fingerprint density at radius 3 is 2.54 bits per heavy atom. The monoisotopic (exact) mass is 525 g/mol. The van der Waals surface area contributed by atoms with Gasteiger partial charge >= 0.3 is 0 Å². The maximum atomic E-state index is 14.1. The lowest BCUT2D eigenvalue weighted by atomic mass is 9.97. The van der Waals surface area contributed by atoms with E-state index in [1.54, 1.807) is 31.4 Å². The van der Waals surface area contributed by atoms with E-state index in [9.17, 15) is 22.4 Å². The van der Waals surface area contributed by atoms with Gasteiger partial charge in [0.15, 0.2) is 0 Å². The van der Waals surface area contributed by atoms with Crippen LogP contribution in [0, 0.1) is 11.7 Å². The van der Waals surface area contributed by atoms with Gasteiger partial charge in [0.05, 0.1) is 17.0 Å². The molecule has 0 unspecified atom stereocenters. The number of piperidine rings is 1. The molecule has 2 aromatic rings. The molecule has 0 bridgehead atoms. The van der Waals surface area contributed by atoms with Crippen LogP contribution in [-0.4, -0.2) is 57.9 Å². The zero-order valence-corrected chi connectivity index (χ0v) is 21.0. The van der Waals surface area contributed by atoms with Crippen molar-refractivity contribution in [1.29, 1.82) is 0 Å². The van der Waals surface area contributed by atoms with Gasteiger partial charge < -0.3 is 15.4 Å². The van der Waals surface area contributed by atoms with Crippen molar-refractivity contribution >= 4 is 39.1 Å². The number of sulfonamides is 1. The minimum atomic E-state index is -3.81. The molecule has 1 aliphatic rings. The Bertz CT molecular complexity index is 1130. The van der Waals surface area contributed by atoms with Gasteiger partial charge in [-0.2, -0.15) is 0 Å². The van der Waals surface area contributed by atoms with Crippen molar-refractivity contribution in [2.45, 2.75) is 25.0 Å². The minimum absolute atomic E-state index is 0.0595. The first-order valence-corrected chi connectivity index (χ1v) is 13.3. The second kappa shape index (κ2) is 12.4. The molecule has 0 saturated carbocycles. The van der Waals surface area contributed by atoms with E-state index in [-0.39, 0.29) is 35.5 Å². The summed E-state index contributed by atoms with van der Waals surface area (Å²) in [4.78, 5) is 25.4. The first-order chi connectivity index (χ1) is 16.7. The number of nitrogens with zero attached hydrogens (tertiary/aromatic N) is 1. The molecule has 8 nitrogen and oxygen atoms in total. The average molecular weight is 526 g/mol. The van der Waals surface area contributed by atoms with E-state index < -0.39 is 27.5 Å². The van der Waals surface area contributed by atoms with Gasteiger partial charge in [0, 0.05) is 49.9 Å². The Balaban J connectivity index is 1.58. The Kier molecular flexibility index (Phi) is 9.62. The summed E-state index contributed by atoms with van der Waals surface area (Å²) in [6.45, 7) is 1.24. The normalized spacial score (nSPS) is 15.1. The predicted molar refractivity (Wildman–Crippen MR) is 132 cm³/mol. The van der Waals surface area contributed by atoms with Crippen LogP contribution >= 0.6 is 11.6 Å². The number of rotatable bonds is 10. The lowest BCUT2D eigenvalue weighted by molar-refractivity contribution is -0.120. The summed E-state index contributed by atoms with van der Waals surface area (Å²) in [5.41, 5.74) is 0.678. The molecule has 0 spiro atoms. The molecule has 0 atom stereocenters. The molecule has 35 heavy (non-hydrogen) atoms. The van der Waals surface area contributed by atoms with E-state index in [0.717, 1.165) is 0 Å². The maximum absolute atomic E-state index is 14.1. The highest BCUT2D eigenvalue weighted by atomic mass is 35.5. The second-order valence-corrected chi connectivity index (χ2v) is 10.6. The average Bonchev–Trinajstić information content (AvgIpc) is 2.84. The van der Waals surface area contributed by atoms with Crippen LogP contribution in [0.25, 0.3) is 0 Å².